The smallest absolute Gasteiger partial charge is 0.326 e. The SMILES string of the molecule is CC(C)C[C@@H](NC(=O)N(CC1CC1)C1CC1)C(=O)O. The minimum Gasteiger partial charge on any atom is -0.480 e. The molecule has 0 unspecified atom stereocenters. The van der Waals surface area contributed by atoms with E-state index in [9.17, 15) is 9.59 Å². The molecular weight excluding hydrogens is 244 g/mol. The number of nitrogens with zero attached hydrogens (tertiary/aromatic N) is 1. The Bertz CT molecular complexity index is 349. The third-order valence-electron chi connectivity index (χ3n) is 3.70. The molecule has 0 aromatic rings. The predicted octanol–water partition coefficient (Wildman–Crippen LogP) is 2.07. The molecule has 2 aliphatic rings. The van der Waals surface area contributed by atoms with Gasteiger partial charge in [0.25, 0.3) is 0 Å². The van der Waals surface area contributed by atoms with Gasteiger partial charge in [-0.05, 0) is 43.9 Å². The van der Waals surface area contributed by atoms with Crippen molar-refractivity contribution in [2.24, 2.45) is 11.8 Å². The van der Waals surface area contributed by atoms with Gasteiger partial charge in [-0.1, -0.05) is 13.8 Å². The molecule has 0 saturated heterocycles. The molecule has 5 nitrogen and oxygen atoms in total. The van der Waals surface area contributed by atoms with Crippen LogP contribution in [-0.2, 0) is 4.79 Å². The van der Waals surface area contributed by atoms with Gasteiger partial charge in [0.05, 0.1) is 0 Å². The third-order valence-corrected chi connectivity index (χ3v) is 3.70. The van der Waals surface area contributed by atoms with E-state index in [1.807, 2.05) is 18.7 Å². The Hall–Kier alpha value is -1.26. The summed E-state index contributed by atoms with van der Waals surface area (Å²) in [4.78, 5) is 25.3. The monoisotopic (exact) mass is 268 g/mol. The van der Waals surface area contributed by atoms with Crippen molar-refractivity contribution in [1.29, 1.82) is 0 Å². The lowest BCUT2D eigenvalue weighted by atomic mass is 10.0. The number of hydrogen-bond acceptors (Lipinski definition) is 2. The van der Waals surface area contributed by atoms with E-state index in [2.05, 4.69) is 5.32 Å². The molecule has 2 rings (SSSR count). The third kappa shape index (κ3) is 4.40. The van der Waals surface area contributed by atoms with Crippen LogP contribution in [-0.4, -0.2) is 40.6 Å². The van der Waals surface area contributed by atoms with Crippen molar-refractivity contribution in [2.45, 2.75) is 58.0 Å². The molecule has 0 radical (unpaired) electrons. The maximum absolute atomic E-state index is 12.2. The zero-order chi connectivity index (χ0) is 14.0. The molecule has 108 valence electrons. The average Bonchev–Trinajstić information content (AvgIpc) is 3.16. The van der Waals surface area contributed by atoms with E-state index in [0.29, 0.717) is 18.4 Å². The van der Waals surface area contributed by atoms with Gasteiger partial charge in [-0.25, -0.2) is 9.59 Å². The van der Waals surface area contributed by atoms with Gasteiger partial charge in [0.1, 0.15) is 6.04 Å². The molecule has 1 atom stereocenters. The molecule has 5 heteroatoms. The Morgan fingerprint density at radius 1 is 1.26 bits per heavy atom. The number of hydrogen-bond donors (Lipinski definition) is 2. The van der Waals surface area contributed by atoms with Gasteiger partial charge in [0, 0.05) is 12.6 Å². The van der Waals surface area contributed by atoms with Gasteiger partial charge >= 0.3 is 12.0 Å². The molecule has 2 saturated carbocycles. The fourth-order valence-electron chi connectivity index (χ4n) is 2.29. The van der Waals surface area contributed by atoms with Crippen molar-refractivity contribution in [1.82, 2.24) is 10.2 Å². The van der Waals surface area contributed by atoms with E-state index in [1.165, 1.54) is 12.8 Å². The molecule has 0 heterocycles. The highest BCUT2D eigenvalue weighted by Gasteiger charge is 2.37. The van der Waals surface area contributed by atoms with E-state index in [0.717, 1.165) is 19.4 Å². The summed E-state index contributed by atoms with van der Waals surface area (Å²) in [6, 6.07) is -0.621. The molecule has 0 aromatic heterocycles. The minimum absolute atomic E-state index is 0.192. The van der Waals surface area contributed by atoms with Crippen molar-refractivity contribution < 1.29 is 14.7 Å². The van der Waals surface area contributed by atoms with E-state index < -0.39 is 12.0 Å². The van der Waals surface area contributed by atoms with Gasteiger partial charge in [-0.3, -0.25) is 0 Å². The number of amides is 2. The second-order valence-electron chi connectivity index (χ2n) is 6.30. The summed E-state index contributed by atoms with van der Waals surface area (Å²) in [7, 11) is 0. The number of carboxylic acid groups (broad SMARTS) is 1. The van der Waals surface area contributed by atoms with Gasteiger partial charge < -0.3 is 15.3 Å². The fraction of sp³-hybridized carbons (Fsp3) is 0.857. The average molecular weight is 268 g/mol. The molecule has 2 fully saturated rings. The standard InChI is InChI=1S/C14H24N2O3/c1-9(2)7-12(13(17)18)15-14(19)16(11-5-6-11)8-10-3-4-10/h9-12H,3-8H2,1-2H3,(H,15,19)(H,17,18)/t12-/m1/s1. The lowest BCUT2D eigenvalue weighted by molar-refractivity contribution is -0.139. The number of nitrogens with one attached hydrogen (secondary N) is 1. The number of aliphatic carboxylic acids is 1. The van der Waals surface area contributed by atoms with E-state index in [4.69, 9.17) is 5.11 Å². The summed E-state index contributed by atoms with van der Waals surface area (Å²) < 4.78 is 0. The van der Waals surface area contributed by atoms with Crippen molar-refractivity contribution in [2.75, 3.05) is 6.54 Å². The second-order valence-corrected chi connectivity index (χ2v) is 6.30. The fourth-order valence-corrected chi connectivity index (χ4v) is 2.29. The van der Waals surface area contributed by atoms with E-state index >= 15 is 0 Å². The van der Waals surface area contributed by atoms with Gasteiger partial charge in [-0.2, -0.15) is 0 Å². The number of rotatable bonds is 7. The van der Waals surface area contributed by atoms with Crippen LogP contribution in [0.15, 0.2) is 0 Å². The lowest BCUT2D eigenvalue weighted by Gasteiger charge is -2.25. The zero-order valence-electron chi connectivity index (χ0n) is 11.8. The normalized spacial score (nSPS) is 20.2. The Morgan fingerprint density at radius 3 is 2.32 bits per heavy atom. The maximum atomic E-state index is 12.2. The Balaban J connectivity index is 1.89. The molecule has 2 amide bonds. The van der Waals surface area contributed by atoms with Crippen LogP contribution in [0.1, 0.15) is 46.0 Å². The molecule has 2 N–H and O–H groups in total. The van der Waals surface area contributed by atoms with Crippen LogP contribution in [0.5, 0.6) is 0 Å². The first-order valence-corrected chi connectivity index (χ1v) is 7.27. The lowest BCUT2D eigenvalue weighted by Crippen LogP contribution is -2.49. The summed E-state index contributed by atoms with van der Waals surface area (Å²) >= 11 is 0. The summed E-state index contributed by atoms with van der Waals surface area (Å²) in [6.07, 6.45) is 4.99. The topological polar surface area (TPSA) is 69.6 Å². The second kappa shape index (κ2) is 5.80. The highest BCUT2D eigenvalue weighted by molar-refractivity contribution is 5.82. The largest absolute Gasteiger partial charge is 0.480 e. The van der Waals surface area contributed by atoms with Crippen LogP contribution in [0.3, 0.4) is 0 Å². The summed E-state index contributed by atoms with van der Waals surface area (Å²) in [6.45, 7) is 4.72. The molecule has 2 aliphatic carbocycles. The van der Waals surface area contributed by atoms with Crippen LogP contribution >= 0.6 is 0 Å². The first-order valence-electron chi connectivity index (χ1n) is 7.27. The van der Waals surface area contributed by atoms with Crippen LogP contribution in [0.25, 0.3) is 0 Å². The van der Waals surface area contributed by atoms with Crippen LogP contribution in [0.2, 0.25) is 0 Å². The molecule has 0 aromatic carbocycles. The number of carbonyl (C=O) groups is 2. The number of carbonyl (C=O) groups excluding carboxylic acids is 1. The summed E-state index contributed by atoms with van der Waals surface area (Å²) in [5.41, 5.74) is 0. The van der Waals surface area contributed by atoms with Crippen LogP contribution in [0.4, 0.5) is 4.79 Å². The number of carboxylic acids is 1. The summed E-state index contributed by atoms with van der Waals surface area (Å²) in [5.74, 6) is -0.0526. The van der Waals surface area contributed by atoms with Crippen molar-refractivity contribution in [3.8, 4) is 0 Å². The number of urea groups is 1. The highest BCUT2D eigenvalue weighted by atomic mass is 16.4. The van der Waals surface area contributed by atoms with Crippen LogP contribution in [0, 0.1) is 11.8 Å². The zero-order valence-corrected chi connectivity index (χ0v) is 11.8. The Kier molecular flexibility index (Phi) is 4.32. The molecule has 0 bridgehead atoms. The maximum Gasteiger partial charge on any atom is 0.326 e. The molecule has 0 aliphatic heterocycles. The molecule has 19 heavy (non-hydrogen) atoms. The molecular formula is C14H24N2O3. The van der Waals surface area contributed by atoms with Crippen molar-refractivity contribution in [3.05, 3.63) is 0 Å². The first-order chi connectivity index (χ1) is 8.97. The molecule has 0 spiro atoms. The van der Waals surface area contributed by atoms with E-state index in [-0.39, 0.29) is 11.9 Å². The Morgan fingerprint density at radius 2 is 1.89 bits per heavy atom. The van der Waals surface area contributed by atoms with Crippen molar-refractivity contribution >= 4 is 12.0 Å². The van der Waals surface area contributed by atoms with Gasteiger partial charge in [0.15, 0.2) is 0 Å². The quantitative estimate of drug-likeness (QED) is 0.742. The van der Waals surface area contributed by atoms with E-state index in [1.54, 1.807) is 0 Å². The van der Waals surface area contributed by atoms with Gasteiger partial charge in [0.2, 0.25) is 0 Å². The van der Waals surface area contributed by atoms with Crippen molar-refractivity contribution in [3.63, 3.8) is 0 Å². The first kappa shape index (κ1) is 14.2. The minimum atomic E-state index is -0.941. The predicted molar refractivity (Wildman–Crippen MR) is 71.9 cm³/mol. The van der Waals surface area contributed by atoms with Gasteiger partial charge in [-0.15, -0.1) is 0 Å². The summed E-state index contributed by atoms with van der Waals surface area (Å²) in [5, 5.41) is 11.9. The Labute approximate surface area is 114 Å². The van der Waals surface area contributed by atoms with Crippen LogP contribution < -0.4 is 5.32 Å². The highest BCUT2D eigenvalue weighted by Crippen LogP contribution is 2.34.